The van der Waals surface area contributed by atoms with Gasteiger partial charge >= 0.3 is 16.6 Å². The summed E-state index contributed by atoms with van der Waals surface area (Å²) in [5, 5.41) is -0.0340. The van der Waals surface area contributed by atoms with Crippen molar-refractivity contribution in [1.82, 2.24) is 0 Å². The Bertz CT molecular complexity index is 85.4. The summed E-state index contributed by atoms with van der Waals surface area (Å²) in [7, 11) is 0. The normalized spacial score (nSPS) is 21.0. The van der Waals surface area contributed by atoms with Gasteiger partial charge in [0.05, 0.1) is 0 Å². The summed E-state index contributed by atoms with van der Waals surface area (Å²) in [6.45, 7) is 0. The molecule has 1 rings (SSSR count). The maximum Gasteiger partial charge on any atom is 0.424 e. The highest BCUT2D eigenvalue weighted by Crippen LogP contribution is 2.04. The molecule has 0 saturated carbocycles. The summed E-state index contributed by atoms with van der Waals surface area (Å²) >= 11 is 2.66. The fraction of sp³-hybridized carbons (Fsp3) is 0. The molecule has 0 atom stereocenters. The van der Waals surface area contributed by atoms with E-state index in [0.717, 1.165) is 0 Å². The van der Waals surface area contributed by atoms with E-state index < -0.39 is 11.4 Å². The van der Waals surface area contributed by atoms with Crippen LogP contribution in [0.5, 0.6) is 0 Å². The highest BCUT2D eigenvalue weighted by atomic mass is 32.2. The van der Waals surface area contributed by atoms with Crippen molar-refractivity contribution in [3.63, 3.8) is 0 Å². The molecular formula is CO3S2. The van der Waals surface area contributed by atoms with E-state index in [1.807, 2.05) is 0 Å². The van der Waals surface area contributed by atoms with Crippen molar-refractivity contribution in [2.75, 3.05) is 0 Å². The first kappa shape index (κ1) is 4.01. The van der Waals surface area contributed by atoms with Crippen LogP contribution in [0.3, 0.4) is 0 Å². The van der Waals surface area contributed by atoms with Crippen molar-refractivity contribution in [1.29, 1.82) is 0 Å². The van der Waals surface area contributed by atoms with E-state index in [-0.39, 0.29) is 5.24 Å². The minimum Gasteiger partial charge on any atom is -0.323 e. The number of rotatable bonds is 0. The molecule has 0 bridgehead atoms. The van der Waals surface area contributed by atoms with Crippen molar-refractivity contribution in [2.45, 2.75) is 0 Å². The fourth-order valence-electron chi connectivity index (χ4n) is 0.117. The van der Waals surface area contributed by atoms with Gasteiger partial charge in [0, 0.05) is 12.2 Å². The third kappa shape index (κ3) is 0.504. The number of thiocarbonyl (C=S) groups is 1. The van der Waals surface area contributed by atoms with E-state index in [1.165, 1.54) is 0 Å². The summed E-state index contributed by atoms with van der Waals surface area (Å²) in [5.74, 6) is 0. The van der Waals surface area contributed by atoms with Gasteiger partial charge in [-0.25, -0.2) is 0 Å². The zero-order valence-electron chi connectivity index (χ0n) is 2.54. The second-order valence-corrected chi connectivity index (χ2v) is 1.70. The van der Waals surface area contributed by atoms with Crippen molar-refractivity contribution in [2.24, 2.45) is 0 Å². The third-order valence-electron chi connectivity index (χ3n) is 0.272. The molecule has 3 nitrogen and oxygen atoms in total. The Morgan fingerprint density at radius 3 is 2.17 bits per heavy atom. The zero-order chi connectivity index (χ0) is 4.57. The first-order valence-electron chi connectivity index (χ1n) is 1.11. The van der Waals surface area contributed by atoms with Gasteiger partial charge < -0.3 is 8.37 Å². The van der Waals surface area contributed by atoms with Gasteiger partial charge in [-0.05, 0) is 0 Å². The standard InChI is InChI=1S/CO3S2/c2-6-3-1(5)4-6. The van der Waals surface area contributed by atoms with Crippen molar-refractivity contribution >= 4 is 28.8 Å². The molecule has 6 heavy (non-hydrogen) atoms. The van der Waals surface area contributed by atoms with Crippen molar-refractivity contribution < 1.29 is 12.6 Å². The van der Waals surface area contributed by atoms with E-state index in [9.17, 15) is 4.21 Å². The maximum absolute atomic E-state index is 9.69. The van der Waals surface area contributed by atoms with Gasteiger partial charge in [-0.15, -0.1) is 0 Å². The second kappa shape index (κ2) is 1.16. The summed E-state index contributed by atoms with van der Waals surface area (Å²) < 4.78 is 17.9. The Balaban J connectivity index is 2.47. The molecule has 0 aliphatic carbocycles. The Hall–Kier alpha value is -0.160. The fourth-order valence-corrected chi connectivity index (χ4v) is 0.685. The Morgan fingerprint density at radius 2 is 2.17 bits per heavy atom. The van der Waals surface area contributed by atoms with Crippen molar-refractivity contribution in [3.8, 4) is 0 Å². The topological polar surface area (TPSA) is 35.5 Å². The van der Waals surface area contributed by atoms with Gasteiger partial charge in [-0.3, -0.25) is 0 Å². The lowest BCUT2D eigenvalue weighted by molar-refractivity contribution is 0.318. The number of hydrogen-bond donors (Lipinski definition) is 0. The molecule has 0 radical (unpaired) electrons. The van der Waals surface area contributed by atoms with Crippen LogP contribution in [0.25, 0.3) is 0 Å². The summed E-state index contributed by atoms with van der Waals surface area (Å²) in [6, 6.07) is 0. The second-order valence-electron chi connectivity index (χ2n) is 0.621. The van der Waals surface area contributed by atoms with Crippen LogP contribution < -0.4 is 0 Å². The average Bonchev–Trinajstić information content (AvgIpc) is 1.33. The molecule has 1 saturated heterocycles. The first-order chi connectivity index (χ1) is 2.79. The molecule has 0 aromatic rings. The molecule has 1 aliphatic heterocycles. The SMILES string of the molecule is O=S1OC(=S)O1. The number of hydrogen-bond acceptors (Lipinski definition) is 4. The molecule has 1 fully saturated rings. The van der Waals surface area contributed by atoms with Crippen LogP contribution in [0.2, 0.25) is 0 Å². The predicted molar refractivity (Wildman–Crippen MR) is 22.9 cm³/mol. The minimum atomic E-state index is -1.56. The molecule has 1 heterocycles. The lowest BCUT2D eigenvalue weighted by Gasteiger charge is -2.10. The van der Waals surface area contributed by atoms with Gasteiger partial charge in [-0.1, -0.05) is 0 Å². The van der Waals surface area contributed by atoms with E-state index in [1.54, 1.807) is 0 Å². The Labute approximate surface area is 42.1 Å². The van der Waals surface area contributed by atoms with E-state index in [0.29, 0.717) is 0 Å². The zero-order valence-corrected chi connectivity index (χ0v) is 4.17. The summed E-state index contributed by atoms with van der Waals surface area (Å²) in [6.07, 6.45) is 0. The Morgan fingerprint density at radius 1 is 1.67 bits per heavy atom. The average molecular weight is 124 g/mol. The van der Waals surface area contributed by atoms with Gasteiger partial charge in [0.2, 0.25) is 0 Å². The molecule has 0 aromatic heterocycles. The third-order valence-corrected chi connectivity index (χ3v) is 1.22. The van der Waals surface area contributed by atoms with Gasteiger partial charge in [0.1, 0.15) is 0 Å². The van der Waals surface area contributed by atoms with Gasteiger partial charge in [-0.2, -0.15) is 4.21 Å². The predicted octanol–water partition coefficient (Wildman–Crippen LogP) is -0.103. The highest BCUT2D eigenvalue weighted by molar-refractivity contribution is 7.86. The Kier molecular flexibility index (Phi) is 0.776. The minimum absolute atomic E-state index is 0.0340. The van der Waals surface area contributed by atoms with E-state index >= 15 is 0 Å². The molecule has 1 aliphatic rings. The van der Waals surface area contributed by atoms with Gasteiger partial charge in [0.25, 0.3) is 0 Å². The molecule has 0 N–H and O–H groups in total. The smallest absolute Gasteiger partial charge is 0.323 e. The van der Waals surface area contributed by atoms with Crippen LogP contribution >= 0.6 is 12.2 Å². The maximum atomic E-state index is 9.69. The molecule has 0 aromatic carbocycles. The molecule has 0 spiro atoms. The molecule has 34 valence electrons. The van der Waals surface area contributed by atoms with Crippen LogP contribution in [0.1, 0.15) is 0 Å². The lowest BCUT2D eigenvalue weighted by atomic mass is 11.5. The quantitative estimate of drug-likeness (QED) is 0.422. The molecule has 5 heteroatoms. The summed E-state index contributed by atoms with van der Waals surface area (Å²) in [5.41, 5.74) is 0. The van der Waals surface area contributed by atoms with E-state index in [2.05, 4.69) is 20.6 Å². The van der Waals surface area contributed by atoms with Crippen molar-refractivity contribution in [3.05, 3.63) is 0 Å². The largest absolute Gasteiger partial charge is 0.424 e. The van der Waals surface area contributed by atoms with Crippen LogP contribution in [0.4, 0.5) is 0 Å². The molecular weight excluding hydrogens is 124 g/mol. The monoisotopic (exact) mass is 124 g/mol. The van der Waals surface area contributed by atoms with Crippen LogP contribution in [0, 0.1) is 0 Å². The molecule has 0 unspecified atom stereocenters. The van der Waals surface area contributed by atoms with Crippen LogP contribution in [0.15, 0.2) is 0 Å². The lowest BCUT2D eigenvalue weighted by Crippen LogP contribution is -2.22. The van der Waals surface area contributed by atoms with E-state index in [4.69, 9.17) is 0 Å². The first-order valence-corrected chi connectivity index (χ1v) is 2.52. The van der Waals surface area contributed by atoms with Crippen LogP contribution in [-0.2, 0) is 19.7 Å². The van der Waals surface area contributed by atoms with Crippen LogP contribution in [-0.4, -0.2) is 9.45 Å². The molecule has 0 amide bonds. The van der Waals surface area contributed by atoms with Gasteiger partial charge in [0.15, 0.2) is 0 Å². The summed E-state index contributed by atoms with van der Waals surface area (Å²) in [4.78, 5) is 0. The highest BCUT2D eigenvalue weighted by Gasteiger charge is 2.21.